The van der Waals surface area contributed by atoms with E-state index >= 15 is 0 Å². The zero-order valence-electron chi connectivity index (χ0n) is 10.2. The molecular weight excluding hydrogens is 208 g/mol. The topological polar surface area (TPSA) is 23.6 Å². The highest BCUT2D eigenvalue weighted by Gasteiger charge is 2.35. The predicted octanol–water partition coefficient (Wildman–Crippen LogP) is 1.29. The van der Waals surface area contributed by atoms with Crippen molar-refractivity contribution in [3.63, 3.8) is 0 Å². The fourth-order valence-electron chi connectivity index (χ4n) is 2.00. The van der Waals surface area contributed by atoms with E-state index in [9.17, 15) is 4.79 Å². The normalized spacial score (nSPS) is 22.1. The summed E-state index contributed by atoms with van der Waals surface area (Å²) in [4.78, 5) is 16.2. The van der Waals surface area contributed by atoms with E-state index in [1.54, 1.807) is 0 Å². The highest BCUT2D eigenvalue weighted by molar-refractivity contribution is 7.98. The first-order valence-corrected chi connectivity index (χ1v) is 6.97. The standard InChI is InChI=1S/C11H22N2OS/c1-9(2)13-6-5-10(11(13)14)12(3)7-8-15-4/h9-10H,5-8H2,1-4H3/t10-/m0/s1. The molecule has 4 heteroatoms. The molecule has 0 unspecified atom stereocenters. The van der Waals surface area contributed by atoms with Gasteiger partial charge in [-0.05, 0) is 33.6 Å². The van der Waals surface area contributed by atoms with Gasteiger partial charge in [0.2, 0.25) is 5.91 Å². The Hall–Kier alpha value is -0.220. The van der Waals surface area contributed by atoms with Crippen LogP contribution in [0.4, 0.5) is 0 Å². The number of carbonyl (C=O) groups is 1. The largest absolute Gasteiger partial charge is 0.339 e. The molecule has 0 saturated carbocycles. The molecule has 0 radical (unpaired) electrons. The summed E-state index contributed by atoms with van der Waals surface area (Å²) in [5.74, 6) is 1.41. The van der Waals surface area contributed by atoms with Crippen LogP contribution in [0, 0.1) is 0 Å². The third-order valence-corrected chi connectivity index (χ3v) is 3.61. The van der Waals surface area contributed by atoms with E-state index in [1.165, 1.54) is 0 Å². The fourth-order valence-corrected chi connectivity index (χ4v) is 2.47. The predicted molar refractivity (Wildman–Crippen MR) is 66.3 cm³/mol. The smallest absolute Gasteiger partial charge is 0.240 e. The number of thioether (sulfide) groups is 1. The first-order valence-electron chi connectivity index (χ1n) is 5.57. The van der Waals surface area contributed by atoms with Gasteiger partial charge in [0.15, 0.2) is 0 Å². The molecule has 1 aliphatic heterocycles. The summed E-state index contributed by atoms with van der Waals surface area (Å²) in [6, 6.07) is 0.469. The number of likely N-dealkylation sites (N-methyl/N-ethyl adjacent to an activating group) is 1. The highest BCUT2D eigenvalue weighted by Crippen LogP contribution is 2.18. The molecule has 0 N–H and O–H groups in total. The fraction of sp³-hybridized carbons (Fsp3) is 0.909. The molecule has 1 atom stereocenters. The molecule has 0 spiro atoms. The molecule has 88 valence electrons. The molecule has 1 heterocycles. The molecule has 1 fully saturated rings. The molecule has 1 saturated heterocycles. The second kappa shape index (κ2) is 5.75. The van der Waals surface area contributed by atoms with Crippen molar-refractivity contribution >= 4 is 17.7 Å². The van der Waals surface area contributed by atoms with E-state index < -0.39 is 0 Å². The van der Waals surface area contributed by atoms with Crippen LogP contribution in [0.15, 0.2) is 0 Å². The van der Waals surface area contributed by atoms with Crippen LogP contribution in [0.3, 0.4) is 0 Å². The monoisotopic (exact) mass is 230 g/mol. The Labute approximate surface area is 97.2 Å². The maximum absolute atomic E-state index is 12.0. The van der Waals surface area contributed by atoms with Crippen molar-refractivity contribution in [3.8, 4) is 0 Å². The van der Waals surface area contributed by atoms with Gasteiger partial charge in [0.25, 0.3) is 0 Å². The van der Waals surface area contributed by atoms with Gasteiger partial charge < -0.3 is 4.90 Å². The molecule has 0 aromatic rings. The summed E-state index contributed by atoms with van der Waals surface area (Å²) in [5.41, 5.74) is 0. The van der Waals surface area contributed by atoms with Gasteiger partial charge in [-0.25, -0.2) is 0 Å². The molecule has 0 aromatic heterocycles. The van der Waals surface area contributed by atoms with Crippen LogP contribution >= 0.6 is 11.8 Å². The minimum atomic E-state index is 0.125. The molecule has 1 aliphatic rings. The lowest BCUT2D eigenvalue weighted by Crippen LogP contribution is -2.42. The van der Waals surface area contributed by atoms with Gasteiger partial charge in [-0.1, -0.05) is 0 Å². The summed E-state index contributed by atoms with van der Waals surface area (Å²) in [6.45, 7) is 6.10. The quantitative estimate of drug-likeness (QED) is 0.711. The SMILES string of the molecule is CSCCN(C)[C@H]1CCN(C(C)C)C1=O. The van der Waals surface area contributed by atoms with Crippen molar-refractivity contribution in [2.75, 3.05) is 32.1 Å². The zero-order chi connectivity index (χ0) is 11.4. The van der Waals surface area contributed by atoms with Gasteiger partial charge >= 0.3 is 0 Å². The van der Waals surface area contributed by atoms with Gasteiger partial charge in [0.05, 0.1) is 6.04 Å². The van der Waals surface area contributed by atoms with Crippen molar-refractivity contribution in [2.45, 2.75) is 32.4 Å². The van der Waals surface area contributed by atoms with Crippen molar-refractivity contribution in [2.24, 2.45) is 0 Å². The van der Waals surface area contributed by atoms with E-state index in [-0.39, 0.29) is 6.04 Å². The van der Waals surface area contributed by atoms with E-state index in [1.807, 2.05) is 16.7 Å². The van der Waals surface area contributed by atoms with Gasteiger partial charge in [-0.3, -0.25) is 9.69 Å². The van der Waals surface area contributed by atoms with Crippen LogP contribution in [0.1, 0.15) is 20.3 Å². The Morgan fingerprint density at radius 3 is 2.73 bits per heavy atom. The maximum atomic E-state index is 12.0. The molecule has 0 aromatic carbocycles. The third-order valence-electron chi connectivity index (χ3n) is 3.02. The number of carbonyl (C=O) groups excluding carboxylic acids is 1. The lowest BCUT2D eigenvalue weighted by Gasteiger charge is -2.25. The van der Waals surface area contributed by atoms with Gasteiger partial charge in [-0.2, -0.15) is 11.8 Å². The van der Waals surface area contributed by atoms with Crippen LogP contribution in [0.25, 0.3) is 0 Å². The Bertz CT molecular complexity index is 221. The van der Waals surface area contributed by atoms with Crippen LogP contribution in [0.5, 0.6) is 0 Å². The molecular formula is C11H22N2OS. The summed E-state index contributed by atoms with van der Waals surface area (Å²) < 4.78 is 0. The molecule has 1 amide bonds. The number of rotatable bonds is 5. The summed E-state index contributed by atoms with van der Waals surface area (Å²) in [6.07, 6.45) is 3.09. The second-order valence-electron chi connectivity index (χ2n) is 4.40. The number of hydrogen-bond acceptors (Lipinski definition) is 3. The number of hydrogen-bond donors (Lipinski definition) is 0. The zero-order valence-corrected chi connectivity index (χ0v) is 11.0. The minimum Gasteiger partial charge on any atom is -0.339 e. The summed E-state index contributed by atoms with van der Waals surface area (Å²) in [7, 11) is 2.06. The number of nitrogens with zero attached hydrogens (tertiary/aromatic N) is 2. The summed E-state index contributed by atoms with van der Waals surface area (Å²) in [5, 5.41) is 0. The molecule has 0 aliphatic carbocycles. The average molecular weight is 230 g/mol. The van der Waals surface area contributed by atoms with Gasteiger partial charge in [0.1, 0.15) is 0 Å². The lowest BCUT2D eigenvalue weighted by atomic mass is 10.2. The highest BCUT2D eigenvalue weighted by atomic mass is 32.2. The number of likely N-dealkylation sites (tertiary alicyclic amines) is 1. The summed E-state index contributed by atoms with van der Waals surface area (Å²) >= 11 is 1.83. The van der Waals surface area contributed by atoms with Crippen LogP contribution < -0.4 is 0 Å². The van der Waals surface area contributed by atoms with Crippen molar-refractivity contribution < 1.29 is 4.79 Å². The lowest BCUT2D eigenvalue weighted by molar-refractivity contribution is -0.133. The first kappa shape index (κ1) is 12.8. The van der Waals surface area contributed by atoms with Gasteiger partial charge in [0, 0.05) is 24.9 Å². The van der Waals surface area contributed by atoms with Crippen molar-refractivity contribution in [3.05, 3.63) is 0 Å². The van der Waals surface area contributed by atoms with E-state index in [2.05, 4.69) is 32.1 Å². The third kappa shape index (κ3) is 3.11. The second-order valence-corrected chi connectivity index (χ2v) is 5.39. The number of amides is 1. The van der Waals surface area contributed by atoms with E-state index in [0.29, 0.717) is 11.9 Å². The van der Waals surface area contributed by atoms with Crippen LogP contribution in [-0.4, -0.2) is 59.9 Å². The Kier molecular flexibility index (Phi) is 4.93. The molecule has 15 heavy (non-hydrogen) atoms. The van der Waals surface area contributed by atoms with E-state index in [0.717, 1.165) is 25.3 Å². The molecule has 3 nitrogen and oxygen atoms in total. The Morgan fingerprint density at radius 1 is 1.60 bits per heavy atom. The van der Waals surface area contributed by atoms with Crippen LogP contribution in [-0.2, 0) is 4.79 Å². The molecule has 1 rings (SSSR count). The minimum absolute atomic E-state index is 0.125. The van der Waals surface area contributed by atoms with Crippen LogP contribution in [0.2, 0.25) is 0 Å². The first-order chi connectivity index (χ1) is 7.07. The van der Waals surface area contributed by atoms with Crippen molar-refractivity contribution in [1.29, 1.82) is 0 Å². The van der Waals surface area contributed by atoms with E-state index in [4.69, 9.17) is 0 Å². The average Bonchev–Trinajstić information content (AvgIpc) is 2.56. The van der Waals surface area contributed by atoms with Gasteiger partial charge in [-0.15, -0.1) is 0 Å². The van der Waals surface area contributed by atoms with Crippen molar-refractivity contribution in [1.82, 2.24) is 9.80 Å². The maximum Gasteiger partial charge on any atom is 0.240 e. The Morgan fingerprint density at radius 2 is 2.27 bits per heavy atom. The molecule has 0 bridgehead atoms. The Balaban J connectivity index is 2.48.